The Kier molecular flexibility index (Phi) is 6.44. The van der Waals surface area contributed by atoms with Gasteiger partial charge in [-0.05, 0) is 43.0 Å². The van der Waals surface area contributed by atoms with Crippen LogP contribution in [0.2, 0.25) is 0 Å². The van der Waals surface area contributed by atoms with E-state index >= 15 is 0 Å². The van der Waals surface area contributed by atoms with Crippen molar-refractivity contribution >= 4 is 15.9 Å². The average Bonchev–Trinajstić information content (AvgIpc) is 2.58. The molecule has 0 unspecified atom stereocenters. The van der Waals surface area contributed by atoms with E-state index in [1.807, 2.05) is 0 Å². The Bertz CT molecular complexity index is 637. The molecule has 1 aromatic rings. The number of carbonyl (C=O) groups is 1. The van der Waals surface area contributed by atoms with Gasteiger partial charge in [0, 0.05) is 19.6 Å². The van der Waals surface area contributed by atoms with Gasteiger partial charge >= 0.3 is 0 Å². The fourth-order valence-electron chi connectivity index (χ4n) is 2.58. The van der Waals surface area contributed by atoms with Gasteiger partial charge < -0.3 is 14.8 Å². The minimum Gasteiger partial charge on any atom is -0.497 e. The van der Waals surface area contributed by atoms with E-state index < -0.39 is 10.0 Å². The SMILES string of the molecule is COc1ccc(OCC(=O)NCC2CCN(S(C)(=O)=O)CC2)cc1. The van der Waals surface area contributed by atoms with E-state index in [0.29, 0.717) is 31.3 Å². The molecule has 1 aromatic carbocycles. The van der Waals surface area contributed by atoms with Gasteiger partial charge in [0.1, 0.15) is 11.5 Å². The largest absolute Gasteiger partial charge is 0.497 e. The van der Waals surface area contributed by atoms with Gasteiger partial charge in [-0.25, -0.2) is 12.7 Å². The summed E-state index contributed by atoms with van der Waals surface area (Å²) in [5.74, 6) is 1.45. The number of ether oxygens (including phenoxy) is 2. The van der Waals surface area contributed by atoms with Crippen LogP contribution in [0.25, 0.3) is 0 Å². The van der Waals surface area contributed by atoms with Crippen molar-refractivity contribution in [1.29, 1.82) is 0 Å². The van der Waals surface area contributed by atoms with Gasteiger partial charge in [0.05, 0.1) is 13.4 Å². The molecule has 24 heavy (non-hydrogen) atoms. The van der Waals surface area contributed by atoms with Crippen LogP contribution in [0, 0.1) is 5.92 Å². The fraction of sp³-hybridized carbons (Fsp3) is 0.562. The van der Waals surface area contributed by atoms with Gasteiger partial charge in [0.25, 0.3) is 5.91 Å². The van der Waals surface area contributed by atoms with Crippen LogP contribution in [0.15, 0.2) is 24.3 Å². The third-order valence-electron chi connectivity index (χ3n) is 4.06. The van der Waals surface area contributed by atoms with Crippen molar-refractivity contribution in [3.8, 4) is 11.5 Å². The first-order chi connectivity index (χ1) is 11.4. The zero-order valence-corrected chi connectivity index (χ0v) is 14.8. The summed E-state index contributed by atoms with van der Waals surface area (Å²) in [5, 5.41) is 2.84. The summed E-state index contributed by atoms with van der Waals surface area (Å²) in [5.41, 5.74) is 0. The van der Waals surface area contributed by atoms with Crippen molar-refractivity contribution < 1.29 is 22.7 Å². The molecule has 0 bridgehead atoms. The van der Waals surface area contributed by atoms with Crippen molar-refractivity contribution in [3.05, 3.63) is 24.3 Å². The lowest BCUT2D eigenvalue weighted by molar-refractivity contribution is -0.123. The summed E-state index contributed by atoms with van der Waals surface area (Å²) >= 11 is 0. The van der Waals surface area contributed by atoms with E-state index in [4.69, 9.17) is 9.47 Å². The molecule has 1 heterocycles. The number of hydrogen-bond donors (Lipinski definition) is 1. The van der Waals surface area contributed by atoms with E-state index in [2.05, 4.69) is 5.32 Å². The number of carbonyl (C=O) groups excluding carboxylic acids is 1. The topological polar surface area (TPSA) is 84.9 Å². The van der Waals surface area contributed by atoms with Crippen molar-refractivity contribution in [2.45, 2.75) is 12.8 Å². The van der Waals surface area contributed by atoms with E-state index in [1.165, 1.54) is 10.6 Å². The van der Waals surface area contributed by atoms with Gasteiger partial charge in [-0.1, -0.05) is 0 Å². The average molecular weight is 356 g/mol. The Morgan fingerprint density at radius 3 is 2.33 bits per heavy atom. The van der Waals surface area contributed by atoms with Crippen LogP contribution in [0.4, 0.5) is 0 Å². The predicted molar refractivity (Wildman–Crippen MR) is 90.6 cm³/mol. The highest BCUT2D eigenvalue weighted by Crippen LogP contribution is 2.19. The lowest BCUT2D eigenvalue weighted by Gasteiger charge is -2.30. The minimum atomic E-state index is -3.11. The van der Waals surface area contributed by atoms with Gasteiger partial charge in [-0.2, -0.15) is 0 Å². The lowest BCUT2D eigenvalue weighted by atomic mass is 9.98. The summed E-state index contributed by atoms with van der Waals surface area (Å²) in [6.07, 6.45) is 2.74. The first kappa shape index (κ1) is 18.5. The Hall–Kier alpha value is -1.80. The van der Waals surface area contributed by atoms with Crippen molar-refractivity contribution in [1.82, 2.24) is 9.62 Å². The molecule has 8 heteroatoms. The number of nitrogens with one attached hydrogen (secondary N) is 1. The van der Waals surface area contributed by atoms with Gasteiger partial charge in [0.15, 0.2) is 6.61 Å². The Labute approximate surface area is 143 Å². The maximum absolute atomic E-state index is 11.8. The molecule has 2 rings (SSSR count). The number of hydrogen-bond acceptors (Lipinski definition) is 5. The molecular weight excluding hydrogens is 332 g/mol. The predicted octanol–water partition coefficient (Wildman–Crippen LogP) is 0.862. The first-order valence-electron chi connectivity index (χ1n) is 7.87. The van der Waals surface area contributed by atoms with Crippen LogP contribution in [0.5, 0.6) is 11.5 Å². The molecule has 0 aromatic heterocycles. The molecule has 0 aliphatic carbocycles. The molecule has 1 N–H and O–H groups in total. The number of benzene rings is 1. The zero-order valence-electron chi connectivity index (χ0n) is 14.0. The molecule has 1 aliphatic rings. The molecule has 1 aliphatic heterocycles. The second-order valence-electron chi connectivity index (χ2n) is 5.87. The standard InChI is InChI=1S/C16H24N2O5S/c1-22-14-3-5-15(6-4-14)23-12-16(19)17-11-13-7-9-18(10-8-13)24(2,20)21/h3-6,13H,7-12H2,1-2H3,(H,17,19). The van der Waals surface area contributed by atoms with Crippen LogP contribution in [0.3, 0.4) is 0 Å². The Balaban J connectivity index is 1.66. The Morgan fingerprint density at radius 1 is 1.21 bits per heavy atom. The number of methoxy groups -OCH3 is 1. The van der Waals surface area contributed by atoms with Gasteiger partial charge in [-0.15, -0.1) is 0 Å². The molecule has 1 amide bonds. The highest BCUT2D eigenvalue weighted by Gasteiger charge is 2.24. The van der Waals surface area contributed by atoms with Crippen molar-refractivity contribution in [2.75, 3.05) is 39.6 Å². The second kappa shape index (κ2) is 8.34. The third kappa shape index (κ3) is 5.68. The minimum absolute atomic E-state index is 0.0471. The third-order valence-corrected chi connectivity index (χ3v) is 5.36. The quantitative estimate of drug-likeness (QED) is 0.783. The lowest BCUT2D eigenvalue weighted by Crippen LogP contribution is -2.41. The molecule has 134 valence electrons. The number of piperidine rings is 1. The van der Waals surface area contributed by atoms with Crippen LogP contribution < -0.4 is 14.8 Å². The van der Waals surface area contributed by atoms with Crippen LogP contribution in [-0.2, 0) is 14.8 Å². The smallest absolute Gasteiger partial charge is 0.257 e. The summed E-state index contributed by atoms with van der Waals surface area (Å²) in [7, 11) is -1.52. The second-order valence-corrected chi connectivity index (χ2v) is 7.86. The summed E-state index contributed by atoms with van der Waals surface area (Å²) in [4.78, 5) is 11.8. The van der Waals surface area contributed by atoms with Crippen molar-refractivity contribution in [2.24, 2.45) is 5.92 Å². The van der Waals surface area contributed by atoms with Crippen LogP contribution >= 0.6 is 0 Å². The summed E-state index contributed by atoms with van der Waals surface area (Å²) in [6, 6.07) is 7.02. The molecular formula is C16H24N2O5S. The van der Waals surface area contributed by atoms with Crippen molar-refractivity contribution in [3.63, 3.8) is 0 Å². The maximum Gasteiger partial charge on any atom is 0.257 e. The normalized spacial score (nSPS) is 16.6. The van der Waals surface area contributed by atoms with Gasteiger partial charge in [0.2, 0.25) is 10.0 Å². The molecule has 1 fully saturated rings. The molecule has 0 atom stereocenters. The van der Waals surface area contributed by atoms with E-state index in [1.54, 1.807) is 31.4 Å². The number of amides is 1. The number of nitrogens with zero attached hydrogens (tertiary/aromatic N) is 1. The zero-order chi connectivity index (χ0) is 17.6. The molecule has 0 radical (unpaired) electrons. The van der Waals surface area contributed by atoms with Gasteiger partial charge in [-0.3, -0.25) is 4.79 Å². The van der Waals surface area contributed by atoms with E-state index in [-0.39, 0.29) is 12.5 Å². The van der Waals surface area contributed by atoms with Crippen LogP contribution in [-0.4, -0.2) is 58.2 Å². The fourth-order valence-corrected chi connectivity index (χ4v) is 3.45. The van der Waals surface area contributed by atoms with E-state index in [9.17, 15) is 13.2 Å². The molecule has 0 spiro atoms. The van der Waals surface area contributed by atoms with Crippen LogP contribution in [0.1, 0.15) is 12.8 Å². The molecule has 0 saturated carbocycles. The number of rotatable bonds is 7. The monoisotopic (exact) mass is 356 g/mol. The highest BCUT2D eigenvalue weighted by atomic mass is 32.2. The molecule has 1 saturated heterocycles. The maximum atomic E-state index is 11.8. The highest BCUT2D eigenvalue weighted by molar-refractivity contribution is 7.88. The summed E-state index contributed by atoms with van der Waals surface area (Å²) < 4.78 is 34.9. The first-order valence-corrected chi connectivity index (χ1v) is 9.72. The molecule has 7 nitrogen and oxygen atoms in total. The van der Waals surface area contributed by atoms with E-state index in [0.717, 1.165) is 18.6 Å². The Morgan fingerprint density at radius 2 is 1.79 bits per heavy atom. The summed E-state index contributed by atoms with van der Waals surface area (Å²) in [6.45, 7) is 1.53. The number of sulfonamides is 1.